The summed E-state index contributed by atoms with van der Waals surface area (Å²) in [6.07, 6.45) is 6.18. The molecule has 0 saturated heterocycles. The Bertz CT molecular complexity index is 156. The third kappa shape index (κ3) is 2.31. The van der Waals surface area contributed by atoms with E-state index in [1.807, 2.05) is 0 Å². The molecule has 0 heterocycles. The quantitative estimate of drug-likeness (QED) is 0.641. The predicted octanol–water partition coefficient (Wildman–Crippen LogP) is 1.87. The summed E-state index contributed by atoms with van der Waals surface area (Å²) < 4.78 is 0. The van der Waals surface area contributed by atoms with Crippen LogP contribution in [0, 0.1) is 5.92 Å². The average molecular weight is 169 g/mol. The molecule has 1 saturated carbocycles. The molecule has 2 nitrogen and oxygen atoms in total. The lowest BCUT2D eigenvalue weighted by atomic mass is 9.90. The topological polar surface area (TPSA) is 43.1 Å². The fourth-order valence-corrected chi connectivity index (χ4v) is 1.92. The third-order valence-corrected chi connectivity index (χ3v) is 2.84. The second-order valence-electron chi connectivity index (χ2n) is 3.74. The summed E-state index contributed by atoms with van der Waals surface area (Å²) in [7, 11) is 0. The molecule has 0 aliphatic heterocycles. The van der Waals surface area contributed by atoms with Crippen molar-refractivity contribution < 1.29 is 4.79 Å². The van der Waals surface area contributed by atoms with E-state index in [-0.39, 0.29) is 12.0 Å². The monoisotopic (exact) mass is 169 g/mol. The molecule has 0 aromatic heterocycles. The number of nitrogens with two attached hydrogens (primary N) is 1. The summed E-state index contributed by atoms with van der Waals surface area (Å²) in [5, 5.41) is 0. The van der Waals surface area contributed by atoms with E-state index >= 15 is 0 Å². The summed E-state index contributed by atoms with van der Waals surface area (Å²) in [6.45, 7) is 2.06. The number of carbonyl (C=O) groups is 1. The van der Waals surface area contributed by atoms with Gasteiger partial charge < -0.3 is 5.73 Å². The van der Waals surface area contributed by atoms with Crippen LogP contribution in [0.2, 0.25) is 0 Å². The standard InChI is InChI=1S/C10H19NO/c1-2-9(11)8-6-4-3-5-7-10(8)12/h8-9H,2-7,11H2,1H3. The fraction of sp³-hybridized carbons (Fsp3) is 0.900. The maximum absolute atomic E-state index is 11.5. The Morgan fingerprint density at radius 2 is 2.25 bits per heavy atom. The van der Waals surface area contributed by atoms with Crippen LogP contribution < -0.4 is 5.73 Å². The van der Waals surface area contributed by atoms with E-state index < -0.39 is 0 Å². The lowest BCUT2D eigenvalue weighted by Crippen LogP contribution is -2.34. The Hall–Kier alpha value is -0.370. The van der Waals surface area contributed by atoms with Crippen molar-refractivity contribution in [1.29, 1.82) is 0 Å². The van der Waals surface area contributed by atoms with E-state index in [1.54, 1.807) is 0 Å². The summed E-state index contributed by atoms with van der Waals surface area (Å²) in [5.41, 5.74) is 5.89. The Labute approximate surface area is 74.5 Å². The van der Waals surface area contributed by atoms with Crippen molar-refractivity contribution >= 4 is 5.78 Å². The van der Waals surface area contributed by atoms with Crippen LogP contribution in [-0.2, 0) is 4.79 Å². The van der Waals surface area contributed by atoms with Crippen LogP contribution in [0.15, 0.2) is 0 Å². The first-order valence-electron chi connectivity index (χ1n) is 5.04. The molecule has 0 aromatic carbocycles. The molecule has 0 bridgehead atoms. The van der Waals surface area contributed by atoms with Crippen molar-refractivity contribution in [3.63, 3.8) is 0 Å². The van der Waals surface area contributed by atoms with Crippen molar-refractivity contribution in [1.82, 2.24) is 0 Å². The Kier molecular flexibility index (Phi) is 3.73. The molecule has 0 spiro atoms. The van der Waals surface area contributed by atoms with Crippen molar-refractivity contribution in [2.45, 2.75) is 51.5 Å². The minimum atomic E-state index is 0.107. The SMILES string of the molecule is CCC(N)C1CCCCCC1=O. The van der Waals surface area contributed by atoms with Gasteiger partial charge in [-0.1, -0.05) is 19.8 Å². The molecule has 1 aliphatic carbocycles. The molecule has 1 aliphatic rings. The second kappa shape index (κ2) is 4.61. The van der Waals surface area contributed by atoms with Gasteiger partial charge in [0.15, 0.2) is 0 Å². The summed E-state index contributed by atoms with van der Waals surface area (Å²) >= 11 is 0. The Morgan fingerprint density at radius 1 is 1.50 bits per heavy atom. The number of hydrogen-bond donors (Lipinski definition) is 1. The van der Waals surface area contributed by atoms with E-state index in [0.717, 1.165) is 25.7 Å². The minimum Gasteiger partial charge on any atom is -0.327 e. The predicted molar refractivity (Wildman–Crippen MR) is 49.8 cm³/mol. The van der Waals surface area contributed by atoms with Crippen LogP contribution >= 0.6 is 0 Å². The first-order chi connectivity index (χ1) is 5.75. The number of ketones is 1. The van der Waals surface area contributed by atoms with E-state index in [1.165, 1.54) is 12.8 Å². The normalized spacial score (nSPS) is 28.2. The first-order valence-corrected chi connectivity index (χ1v) is 5.04. The van der Waals surface area contributed by atoms with Crippen LogP contribution in [0.1, 0.15) is 45.4 Å². The van der Waals surface area contributed by atoms with Gasteiger partial charge in [0, 0.05) is 18.4 Å². The lowest BCUT2D eigenvalue weighted by Gasteiger charge is -2.19. The van der Waals surface area contributed by atoms with E-state index in [0.29, 0.717) is 5.78 Å². The molecule has 1 rings (SSSR count). The molecule has 2 heteroatoms. The van der Waals surface area contributed by atoms with Gasteiger partial charge in [0.2, 0.25) is 0 Å². The van der Waals surface area contributed by atoms with Crippen molar-refractivity contribution in [3.05, 3.63) is 0 Å². The zero-order valence-electron chi connectivity index (χ0n) is 7.88. The summed E-state index contributed by atoms with van der Waals surface area (Å²) in [4.78, 5) is 11.5. The molecule has 2 atom stereocenters. The van der Waals surface area contributed by atoms with Crippen molar-refractivity contribution in [2.75, 3.05) is 0 Å². The zero-order valence-corrected chi connectivity index (χ0v) is 7.88. The lowest BCUT2D eigenvalue weighted by molar-refractivity contribution is -0.123. The number of rotatable bonds is 2. The molecule has 0 amide bonds. The summed E-state index contributed by atoms with van der Waals surface area (Å²) in [6, 6.07) is 0.107. The number of carbonyl (C=O) groups excluding carboxylic acids is 1. The first kappa shape index (κ1) is 9.72. The molecule has 2 unspecified atom stereocenters. The van der Waals surface area contributed by atoms with E-state index in [2.05, 4.69) is 6.92 Å². The maximum Gasteiger partial charge on any atom is 0.137 e. The van der Waals surface area contributed by atoms with Gasteiger partial charge in [-0.15, -0.1) is 0 Å². The van der Waals surface area contributed by atoms with Gasteiger partial charge in [0.05, 0.1) is 0 Å². The van der Waals surface area contributed by atoms with Crippen LogP contribution in [0.4, 0.5) is 0 Å². The highest BCUT2D eigenvalue weighted by Gasteiger charge is 2.25. The second-order valence-corrected chi connectivity index (χ2v) is 3.74. The highest BCUT2D eigenvalue weighted by molar-refractivity contribution is 5.81. The average Bonchev–Trinajstić information content (AvgIpc) is 2.28. The van der Waals surface area contributed by atoms with Crippen LogP contribution in [0.25, 0.3) is 0 Å². The van der Waals surface area contributed by atoms with Gasteiger partial charge in [-0.3, -0.25) is 4.79 Å². The minimum absolute atomic E-state index is 0.107. The van der Waals surface area contributed by atoms with Gasteiger partial charge in [-0.05, 0) is 19.3 Å². The Morgan fingerprint density at radius 3 is 2.92 bits per heavy atom. The molecule has 12 heavy (non-hydrogen) atoms. The molecule has 2 N–H and O–H groups in total. The Balaban J connectivity index is 2.52. The van der Waals surface area contributed by atoms with Crippen LogP contribution in [-0.4, -0.2) is 11.8 Å². The molecular formula is C10H19NO. The number of Topliss-reactive ketones (excluding diaryl/α,β-unsaturated/α-hetero) is 1. The van der Waals surface area contributed by atoms with Crippen molar-refractivity contribution in [2.24, 2.45) is 11.7 Å². The number of hydrogen-bond acceptors (Lipinski definition) is 2. The van der Waals surface area contributed by atoms with E-state index in [9.17, 15) is 4.79 Å². The highest BCUT2D eigenvalue weighted by atomic mass is 16.1. The van der Waals surface area contributed by atoms with Crippen LogP contribution in [0.5, 0.6) is 0 Å². The van der Waals surface area contributed by atoms with Crippen molar-refractivity contribution in [3.8, 4) is 0 Å². The largest absolute Gasteiger partial charge is 0.327 e. The van der Waals surface area contributed by atoms with Gasteiger partial charge >= 0.3 is 0 Å². The molecule has 1 fully saturated rings. The van der Waals surface area contributed by atoms with Gasteiger partial charge in [0.25, 0.3) is 0 Å². The molecule has 70 valence electrons. The smallest absolute Gasteiger partial charge is 0.137 e. The highest BCUT2D eigenvalue weighted by Crippen LogP contribution is 2.22. The molecule has 0 aromatic rings. The fourth-order valence-electron chi connectivity index (χ4n) is 1.92. The van der Waals surface area contributed by atoms with Gasteiger partial charge in [0.1, 0.15) is 5.78 Å². The maximum atomic E-state index is 11.5. The van der Waals surface area contributed by atoms with Gasteiger partial charge in [-0.2, -0.15) is 0 Å². The van der Waals surface area contributed by atoms with Gasteiger partial charge in [-0.25, -0.2) is 0 Å². The molecular weight excluding hydrogens is 150 g/mol. The van der Waals surface area contributed by atoms with Crippen LogP contribution in [0.3, 0.4) is 0 Å². The third-order valence-electron chi connectivity index (χ3n) is 2.84. The molecule has 0 radical (unpaired) electrons. The summed E-state index contributed by atoms with van der Waals surface area (Å²) in [5.74, 6) is 0.569. The zero-order chi connectivity index (χ0) is 8.97. The van der Waals surface area contributed by atoms with E-state index in [4.69, 9.17) is 5.73 Å².